The van der Waals surface area contributed by atoms with E-state index in [0.29, 0.717) is 17.3 Å². The summed E-state index contributed by atoms with van der Waals surface area (Å²) >= 11 is 0. The van der Waals surface area contributed by atoms with Crippen molar-refractivity contribution >= 4 is 18.1 Å². The van der Waals surface area contributed by atoms with E-state index in [1.165, 1.54) is 0 Å². The van der Waals surface area contributed by atoms with Crippen LogP contribution in [0.2, 0.25) is 0 Å². The van der Waals surface area contributed by atoms with E-state index in [2.05, 4.69) is 20.8 Å². The van der Waals surface area contributed by atoms with Crippen molar-refractivity contribution in [1.82, 2.24) is 0 Å². The second-order valence-corrected chi connectivity index (χ2v) is 6.86. The summed E-state index contributed by atoms with van der Waals surface area (Å²) in [5.74, 6) is 0.684. The number of fused-ring (bicyclic) bond motifs is 2. The van der Waals surface area contributed by atoms with Crippen molar-refractivity contribution < 1.29 is 9.59 Å². The minimum atomic E-state index is -0.202. The molecule has 0 amide bonds. The molecule has 2 atom stereocenters. The van der Waals surface area contributed by atoms with Crippen LogP contribution in [0.25, 0.3) is 6.08 Å². The predicted molar refractivity (Wildman–Crippen MR) is 79.4 cm³/mol. The predicted octanol–water partition coefficient (Wildman–Crippen LogP) is 3.91. The van der Waals surface area contributed by atoms with Crippen molar-refractivity contribution in [1.29, 1.82) is 0 Å². The Kier molecular flexibility index (Phi) is 2.75. The standard InChI is InChI=1S/C18H20O2/c1-17(2)15-8-9-18(17,3)16(20)14(15)10-12-4-6-13(11-19)7-5-12/h4-7,10-11,15H,8-9H2,1-3H3. The van der Waals surface area contributed by atoms with E-state index in [4.69, 9.17) is 0 Å². The molecular formula is C18H20O2. The number of Topliss-reactive ketones (excluding diaryl/α,β-unsaturated/α-hetero) is 1. The van der Waals surface area contributed by atoms with Gasteiger partial charge in [0.1, 0.15) is 6.29 Å². The molecule has 1 aromatic rings. The molecule has 104 valence electrons. The van der Waals surface area contributed by atoms with Gasteiger partial charge >= 0.3 is 0 Å². The van der Waals surface area contributed by atoms with E-state index in [9.17, 15) is 9.59 Å². The molecule has 0 radical (unpaired) electrons. The van der Waals surface area contributed by atoms with Gasteiger partial charge in [-0.25, -0.2) is 0 Å². The number of allylic oxidation sites excluding steroid dienone is 1. The van der Waals surface area contributed by atoms with Gasteiger partial charge in [-0.05, 0) is 41.4 Å². The van der Waals surface area contributed by atoms with Crippen molar-refractivity contribution in [2.75, 3.05) is 0 Å². The topological polar surface area (TPSA) is 34.1 Å². The number of aldehydes is 1. The Morgan fingerprint density at radius 3 is 2.20 bits per heavy atom. The average molecular weight is 268 g/mol. The highest BCUT2D eigenvalue weighted by atomic mass is 16.1. The first-order valence-electron chi connectivity index (χ1n) is 7.22. The second kappa shape index (κ2) is 4.15. The lowest BCUT2D eigenvalue weighted by Crippen LogP contribution is -2.32. The third kappa shape index (κ3) is 1.57. The molecule has 0 aromatic heterocycles. The third-order valence-corrected chi connectivity index (χ3v) is 5.76. The molecule has 3 rings (SSSR count). The largest absolute Gasteiger partial charge is 0.298 e. The maximum absolute atomic E-state index is 12.7. The van der Waals surface area contributed by atoms with Crippen LogP contribution < -0.4 is 0 Å². The summed E-state index contributed by atoms with van der Waals surface area (Å²) in [6, 6.07) is 7.41. The smallest absolute Gasteiger partial charge is 0.165 e. The first-order chi connectivity index (χ1) is 9.40. The number of benzene rings is 1. The molecule has 2 fully saturated rings. The number of hydrogen-bond acceptors (Lipinski definition) is 2. The van der Waals surface area contributed by atoms with Crippen LogP contribution in [0.4, 0.5) is 0 Å². The first-order valence-corrected chi connectivity index (χ1v) is 7.22. The highest BCUT2D eigenvalue weighted by molar-refractivity contribution is 6.07. The van der Waals surface area contributed by atoms with Crippen LogP contribution in [-0.4, -0.2) is 12.1 Å². The van der Waals surface area contributed by atoms with E-state index in [1.807, 2.05) is 18.2 Å². The maximum Gasteiger partial charge on any atom is 0.165 e. The molecule has 2 aliphatic rings. The van der Waals surface area contributed by atoms with Gasteiger partial charge in [0.15, 0.2) is 5.78 Å². The minimum absolute atomic E-state index is 0.0542. The molecule has 2 unspecified atom stereocenters. The zero-order valence-corrected chi connectivity index (χ0v) is 12.3. The second-order valence-electron chi connectivity index (χ2n) is 6.86. The lowest BCUT2D eigenvalue weighted by atomic mass is 9.70. The molecule has 0 saturated heterocycles. The zero-order chi connectivity index (χ0) is 14.5. The third-order valence-electron chi connectivity index (χ3n) is 5.76. The fourth-order valence-corrected chi connectivity index (χ4v) is 3.94. The van der Waals surface area contributed by atoms with Gasteiger partial charge in [0.25, 0.3) is 0 Å². The Morgan fingerprint density at radius 1 is 1.10 bits per heavy atom. The van der Waals surface area contributed by atoms with Crippen molar-refractivity contribution in [2.24, 2.45) is 16.7 Å². The Labute approximate surface area is 119 Å². The molecule has 0 N–H and O–H groups in total. The Morgan fingerprint density at radius 2 is 1.70 bits per heavy atom. The van der Waals surface area contributed by atoms with Crippen LogP contribution in [-0.2, 0) is 4.79 Å². The summed E-state index contributed by atoms with van der Waals surface area (Å²) in [5.41, 5.74) is 2.50. The van der Waals surface area contributed by atoms with Crippen LogP contribution in [0.15, 0.2) is 29.8 Å². The summed E-state index contributed by atoms with van der Waals surface area (Å²) in [5, 5.41) is 0. The van der Waals surface area contributed by atoms with Crippen molar-refractivity contribution in [3.05, 3.63) is 41.0 Å². The highest BCUT2D eigenvalue weighted by Gasteiger charge is 2.63. The van der Waals surface area contributed by atoms with Gasteiger partial charge in [-0.1, -0.05) is 45.0 Å². The molecule has 1 aromatic carbocycles. The Bertz CT molecular complexity index is 607. The SMILES string of the molecule is CC12CCC(C(=Cc3ccc(C=O)cc3)C1=O)C2(C)C. The van der Waals surface area contributed by atoms with Gasteiger partial charge in [0.2, 0.25) is 0 Å². The molecule has 2 saturated carbocycles. The lowest BCUT2D eigenvalue weighted by Gasteiger charge is -2.31. The van der Waals surface area contributed by atoms with Crippen LogP contribution in [0.3, 0.4) is 0 Å². The normalized spacial score (nSPS) is 32.9. The molecule has 0 spiro atoms. The fourth-order valence-electron chi connectivity index (χ4n) is 3.94. The van der Waals surface area contributed by atoms with Gasteiger partial charge in [0, 0.05) is 11.0 Å². The average Bonchev–Trinajstić information content (AvgIpc) is 2.74. The molecule has 2 heteroatoms. The number of rotatable bonds is 2. The van der Waals surface area contributed by atoms with Crippen LogP contribution in [0.5, 0.6) is 0 Å². The van der Waals surface area contributed by atoms with Crippen LogP contribution >= 0.6 is 0 Å². The van der Waals surface area contributed by atoms with Gasteiger partial charge < -0.3 is 0 Å². The highest BCUT2D eigenvalue weighted by Crippen LogP contribution is 2.65. The number of hydrogen-bond donors (Lipinski definition) is 0. The zero-order valence-electron chi connectivity index (χ0n) is 12.3. The quantitative estimate of drug-likeness (QED) is 0.602. The molecule has 2 aliphatic carbocycles. The van der Waals surface area contributed by atoms with E-state index in [0.717, 1.165) is 30.3 Å². The number of carbonyl (C=O) groups excluding carboxylic acids is 2. The van der Waals surface area contributed by atoms with Gasteiger partial charge in [-0.3, -0.25) is 9.59 Å². The first kappa shape index (κ1) is 13.3. The summed E-state index contributed by atoms with van der Waals surface area (Å²) in [4.78, 5) is 23.4. The summed E-state index contributed by atoms with van der Waals surface area (Å²) in [7, 11) is 0. The van der Waals surface area contributed by atoms with Gasteiger partial charge in [0.05, 0.1) is 0 Å². The van der Waals surface area contributed by atoms with Crippen LogP contribution in [0, 0.1) is 16.7 Å². The number of ketones is 1. The van der Waals surface area contributed by atoms with Gasteiger partial charge in [-0.15, -0.1) is 0 Å². The van der Waals surface area contributed by atoms with Crippen molar-refractivity contribution in [3.63, 3.8) is 0 Å². The summed E-state index contributed by atoms with van der Waals surface area (Å²) in [6.07, 6.45) is 4.97. The molecule has 0 heterocycles. The maximum atomic E-state index is 12.7. The van der Waals surface area contributed by atoms with Crippen molar-refractivity contribution in [3.8, 4) is 0 Å². The Hall–Kier alpha value is -1.70. The fraction of sp³-hybridized carbons (Fsp3) is 0.444. The van der Waals surface area contributed by atoms with E-state index < -0.39 is 0 Å². The Balaban J connectivity index is 2.01. The molecule has 0 aliphatic heterocycles. The van der Waals surface area contributed by atoms with Crippen molar-refractivity contribution in [2.45, 2.75) is 33.6 Å². The summed E-state index contributed by atoms with van der Waals surface area (Å²) < 4.78 is 0. The van der Waals surface area contributed by atoms with Gasteiger partial charge in [-0.2, -0.15) is 0 Å². The van der Waals surface area contributed by atoms with Crippen LogP contribution in [0.1, 0.15) is 49.5 Å². The molecule has 2 bridgehead atoms. The lowest BCUT2D eigenvalue weighted by molar-refractivity contribution is -0.125. The van der Waals surface area contributed by atoms with E-state index in [1.54, 1.807) is 12.1 Å². The van der Waals surface area contributed by atoms with E-state index in [-0.39, 0.29) is 10.8 Å². The molecule has 2 nitrogen and oxygen atoms in total. The number of carbonyl (C=O) groups is 2. The summed E-state index contributed by atoms with van der Waals surface area (Å²) in [6.45, 7) is 6.56. The minimum Gasteiger partial charge on any atom is -0.298 e. The molecular weight excluding hydrogens is 248 g/mol. The van der Waals surface area contributed by atoms with E-state index >= 15 is 0 Å². The molecule has 20 heavy (non-hydrogen) atoms. The monoisotopic (exact) mass is 268 g/mol.